The Kier molecular flexibility index (Phi) is 6.80. The minimum Gasteiger partial charge on any atom is -0.484 e. The van der Waals surface area contributed by atoms with Crippen LogP contribution < -0.4 is 10.3 Å². The SMILES string of the molecule is COC(C=N)COc1c(-c2ccc(S(C)(=O)=O)cc2)cnn(-c2ccc(F)c(F)c2)c1=O. The number of nitrogens with zero attached hydrogens (tertiary/aromatic N) is 2. The van der Waals surface area contributed by atoms with Crippen LogP contribution in [0.25, 0.3) is 16.8 Å². The highest BCUT2D eigenvalue weighted by Crippen LogP contribution is 2.28. The molecule has 11 heteroatoms. The van der Waals surface area contributed by atoms with Crippen molar-refractivity contribution in [2.45, 2.75) is 11.0 Å². The predicted octanol–water partition coefficient (Wildman–Crippen LogP) is 2.62. The van der Waals surface area contributed by atoms with E-state index in [1.807, 2.05) is 0 Å². The summed E-state index contributed by atoms with van der Waals surface area (Å²) in [7, 11) is -2.05. The number of sulfone groups is 1. The summed E-state index contributed by atoms with van der Waals surface area (Å²) >= 11 is 0. The average Bonchev–Trinajstić information content (AvgIpc) is 2.76. The van der Waals surface area contributed by atoms with E-state index in [4.69, 9.17) is 14.9 Å². The van der Waals surface area contributed by atoms with Gasteiger partial charge in [0.25, 0.3) is 0 Å². The highest BCUT2D eigenvalue weighted by Gasteiger charge is 2.19. The van der Waals surface area contributed by atoms with Gasteiger partial charge in [0, 0.05) is 31.2 Å². The summed E-state index contributed by atoms with van der Waals surface area (Å²) in [6, 6.07) is 8.62. The molecule has 3 rings (SSSR count). The number of benzene rings is 2. The van der Waals surface area contributed by atoms with Gasteiger partial charge in [-0.3, -0.25) is 4.79 Å². The van der Waals surface area contributed by atoms with Gasteiger partial charge in [-0.25, -0.2) is 17.2 Å². The van der Waals surface area contributed by atoms with E-state index in [-0.39, 0.29) is 28.5 Å². The third-order valence-electron chi connectivity index (χ3n) is 4.56. The molecule has 0 saturated heterocycles. The van der Waals surface area contributed by atoms with E-state index < -0.39 is 33.1 Å². The second-order valence-electron chi connectivity index (χ2n) is 6.75. The first kappa shape index (κ1) is 23.2. The lowest BCUT2D eigenvalue weighted by Gasteiger charge is -2.16. The number of hydrogen-bond acceptors (Lipinski definition) is 7. The van der Waals surface area contributed by atoms with Crippen LogP contribution in [0.5, 0.6) is 5.75 Å². The van der Waals surface area contributed by atoms with Crippen molar-refractivity contribution in [2.75, 3.05) is 20.0 Å². The molecule has 2 aromatic carbocycles. The van der Waals surface area contributed by atoms with Crippen LogP contribution in [0.3, 0.4) is 0 Å². The monoisotopic (exact) mass is 463 g/mol. The molecule has 0 radical (unpaired) electrons. The van der Waals surface area contributed by atoms with Crippen LogP contribution in [-0.4, -0.2) is 50.5 Å². The van der Waals surface area contributed by atoms with Crippen molar-refractivity contribution >= 4 is 16.1 Å². The first-order valence-corrected chi connectivity index (χ1v) is 11.1. The molecule has 32 heavy (non-hydrogen) atoms. The summed E-state index contributed by atoms with van der Waals surface area (Å²) < 4.78 is 62.0. The van der Waals surface area contributed by atoms with Crippen LogP contribution in [-0.2, 0) is 14.6 Å². The van der Waals surface area contributed by atoms with Crippen molar-refractivity contribution in [1.29, 1.82) is 5.41 Å². The maximum absolute atomic E-state index is 13.7. The van der Waals surface area contributed by atoms with Gasteiger partial charge in [0.1, 0.15) is 12.7 Å². The minimum absolute atomic E-state index is 0.0203. The molecule has 1 unspecified atom stereocenters. The summed E-state index contributed by atoms with van der Waals surface area (Å²) in [4.78, 5) is 13.2. The molecule has 0 aliphatic rings. The molecule has 1 N–H and O–H groups in total. The Morgan fingerprint density at radius 1 is 1.16 bits per heavy atom. The molecule has 3 aromatic rings. The van der Waals surface area contributed by atoms with Gasteiger partial charge < -0.3 is 14.9 Å². The maximum Gasteiger partial charge on any atom is 0.314 e. The summed E-state index contributed by atoms with van der Waals surface area (Å²) in [6.45, 7) is -0.175. The van der Waals surface area contributed by atoms with E-state index in [1.54, 1.807) is 0 Å². The van der Waals surface area contributed by atoms with E-state index in [9.17, 15) is 22.0 Å². The summed E-state index contributed by atoms with van der Waals surface area (Å²) in [5, 5.41) is 11.4. The predicted molar refractivity (Wildman–Crippen MR) is 113 cm³/mol. The smallest absolute Gasteiger partial charge is 0.314 e. The fraction of sp³-hybridized carbons (Fsp3) is 0.190. The Labute approximate surface area is 182 Å². The normalized spacial score (nSPS) is 12.4. The Morgan fingerprint density at radius 3 is 2.41 bits per heavy atom. The summed E-state index contributed by atoms with van der Waals surface area (Å²) in [6.07, 6.45) is 2.62. The van der Waals surface area contributed by atoms with Crippen LogP contribution in [0, 0.1) is 17.0 Å². The first-order chi connectivity index (χ1) is 15.2. The van der Waals surface area contributed by atoms with Crippen LogP contribution in [0.2, 0.25) is 0 Å². The molecule has 168 valence electrons. The lowest BCUT2D eigenvalue weighted by atomic mass is 10.1. The van der Waals surface area contributed by atoms with Crippen LogP contribution >= 0.6 is 0 Å². The fourth-order valence-corrected chi connectivity index (χ4v) is 3.45. The molecule has 1 atom stereocenters. The average molecular weight is 463 g/mol. The third-order valence-corrected chi connectivity index (χ3v) is 5.68. The lowest BCUT2D eigenvalue weighted by molar-refractivity contribution is 0.107. The van der Waals surface area contributed by atoms with Crippen molar-refractivity contribution in [3.63, 3.8) is 0 Å². The van der Waals surface area contributed by atoms with E-state index in [1.165, 1.54) is 43.6 Å². The van der Waals surface area contributed by atoms with Gasteiger partial charge >= 0.3 is 5.56 Å². The van der Waals surface area contributed by atoms with Gasteiger partial charge in [0.15, 0.2) is 27.2 Å². The molecule has 0 amide bonds. The van der Waals surface area contributed by atoms with E-state index in [2.05, 4.69) is 5.10 Å². The highest BCUT2D eigenvalue weighted by atomic mass is 32.2. The quantitative estimate of drug-likeness (QED) is 0.514. The minimum atomic E-state index is -3.42. The fourth-order valence-electron chi connectivity index (χ4n) is 2.82. The molecular weight excluding hydrogens is 444 g/mol. The topological polar surface area (TPSA) is 111 Å². The zero-order valence-corrected chi connectivity index (χ0v) is 17.9. The second-order valence-corrected chi connectivity index (χ2v) is 8.77. The Morgan fingerprint density at radius 2 is 1.84 bits per heavy atom. The number of hydrogen-bond donors (Lipinski definition) is 1. The highest BCUT2D eigenvalue weighted by molar-refractivity contribution is 7.90. The molecule has 1 aromatic heterocycles. The van der Waals surface area contributed by atoms with Gasteiger partial charge in [0.2, 0.25) is 0 Å². The molecule has 1 heterocycles. The number of aromatic nitrogens is 2. The Bertz CT molecular complexity index is 1310. The molecule has 0 aliphatic heterocycles. The molecule has 0 fully saturated rings. The van der Waals surface area contributed by atoms with E-state index >= 15 is 0 Å². The van der Waals surface area contributed by atoms with E-state index in [0.717, 1.165) is 29.3 Å². The van der Waals surface area contributed by atoms with Crippen molar-refractivity contribution in [3.8, 4) is 22.6 Å². The molecule has 8 nitrogen and oxygen atoms in total. The van der Waals surface area contributed by atoms with Crippen LogP contribution in [0.15, 0.2) is 58.4 Å². The molecule has 0 spiro atoms. The molecule has 0 bridgehead atoms. The summed E-state index contributed by atoms with van der Waals surface area (Å²) in [5.74, 6) is -2.40. The molecular formula is C21H19F2N3O5S. The van der Waals surface area contributed by atoms with Crippen LogP contribution in [0.4, 0.5) is 8.78 Å². The Balaban J connectivity index is 2.13. The zero-order valence-electron chi connectivity index (χ0n) is 17.1. The first-order valence-electron chi connectivity index (χ1n) is 9.20. The van der Waals surface area contributed by atoms with Crippen molar-refractivity contribution in [3.05, 3.63) is 70.6 Å². The Hall–Kier alpha value is -3.44. The number of halogens is 2. The van der Waals surface area contributed by atoms with Crippen molar-refractivity contribution < 1.29 is 26.7 Å². The number of ether oxygens (including phenoxy) is 2. The summed E-state index contributed by atoms with van der Waals surface area (Å²) in [5.41, 5.74) is -0.0967. The maximum atomic E-state index is 13.7. The van der Waals surface area contributed by atoms with Gasteiger partial charge in [0.05, 0.1) is 16.8 Å². The second kappa shape index (κ2) is 9.37. The largest absolute Gasteiger partial charge is 0.484 e. The standard InChI is InChI=1S/C21H19F2N3O5S/c1-30-15(10-24)12-31-20-17(13-3-6-16(7-4-13)32(2,28)29)11-25-26(21(20)27)14-5-8-18(22)19(23)9-14/h3-11,15,24H,12H2,1-2H3. The van der Waals surface area contributed by atoms with Crippen molar-refractivity contribution in [1.82, 2.24) is 9.78 Å². The van der Waals surface area contributed by atoms with Gasteiger partial charge in [-0.05, 0) is 29.8 Å². The molecule has 0 aliphatic carbocycles. The number of methoxy groups -OCH3 is 1. The third kappa shape index (κ3) is 4.89. The van der Waals surface area contributed by atoms with E-state index in [0.29, 0.717) is 5.56 Å². The number of nitrogens with one attached hydrogen (secondary N) is 1. The number of rotatable bonds is 8. The van der Waals surface area contributed by atoms with Gasteiger partial charge in [-0.2, -0.15) is 9.78 Å². The zero-order chi connectivity index (χ0) is 23.5. The van der Waals surface area contributed by atoms with Gasteiger partial charge in [-0.1, -0.05) is 12.1 Å². The van der Waals surface area contributed by atoms with Crippen LogP contribution in [0.1, 0.15) is 0 Å². The lowest BCUT2D eigenvalue weighted by Crippen LogP contribution is -2.28. The van der Waals surface area contributed by atoms with Gasteiger partial charge in [-0.15, -0.1) is 0 Å². The molecule has 0 saturated carbocycles. The van der Waals surface area contributed by atoms with Crippen molar-refractivity contribution in [2.24, 2.45) is 0 Å².